The zero-order chi connectivity index (χ0) is 14.9. The van der Waals surface area contributed by atoms with Crippen LogP contribution >= 0.6 is 35.6 Å². The van der Waals surface area contributed by atoms with E-state index in [9.17, 15) is 0 Å². The highest BCUT2D eigenvalue weighted by molar-refractivity contribution is 7.99. The van der Waals surface area contributed by atoms with Crippen molar-refractivity contribution in [3.63, 3.8) is 0 Å². The van der Waals surface area contributed by atoms with Gasteiger partial charge in [0.15, 0.2) is 5.11 Å². The van der Waals surface area contributed by atoms with Crippen LogP contribution in [0.25, 0.3) is 0 Å². The Morgan fingerprint density at radius 3 is 2.76 bits per heavy atom. The van der Waals surface area contributed by atoms with Gasteiger partial charge in [0.05, 0.1) is 6.10 Å². The molecule has 1 unspecified atom stereocenters. The maximum absolute atomic E-state index is 5.85. The van der Waals surface area contributed by atoms with Gasteiger partial charge in [-0.15, -0.1) is 11.8 Å². The van der Waals surface area contributed by atoms with Gasteiger partial charge in [0.1, 0.15) is 0 Å². The molecule has 1 fully saturated rings. The first-order valence-corrected chi connectivity index (χ1v) is 9.03. The van der Waals surface area contributed by atoms with Crippen molar-refractivity contribution in [3.8, 4) is 0 Å². The molecule has 1 saturated heterocycles. The zero-order valence-electron chi connectivity index (χ0n) is 11.9. The van der Waals surface area contributed by atoms with Crippen LogP contribution in [0.5, 0.6) is 0 Å². The van der Waals surface area contributed by atoms with E-state index in [1.54, 1.807) is 11.8 Å². The predicted octanol–water partition coefficient (Wildman–Crippen LogP) is 3.47. The van der Waals surface area contributed by atoms with E-state index in [1.165, 1.54) is 17.7 Å². The van der Waals surface area contributed by atoms with E-state index in [2.05, 4.69) is 10.6 Å². The monoisotopic (exact) mass is 344 g/mol. The summed E-state index contributed by atoms with van der Waals surface area (Å²) in [4.78, 5) is 1.22. The van der Waals surface area contributed by atoms with Crippen molar-refractivity contribution in [2.45, 2.75) is 30.3 Å². The molecule has 0 saturated carbocycles. The summed E-state index contributed by atoms with van der Waals surface area (Å²) in [7, 11) is 0. The van der Waals surface area contributed by atoms with Gasteiger partial charge in [-0.25, -0.2) is 0 Å². The van der Waals surface area contributed by atoms with Gasteiger partial charge in [-0.3, -0.25) is 0 Å². The lowest BCUT2D eigenvalue weighted by Crippen LogP contribution is -2.37. The van der Waals surface area contributed by atoms with Gasteiger partial charge in [-0.1, -0.05) is 11.6 Å². The molecule has 0 amide bonds. The minimum Gasteiger partial charge on any atom is -0.378 e. The Morgan fingerprint density at radius 2 is 2.05 bits per heavy atom. The van der Waals surface area contributed by atoms with Gasteiger partial charge in [0.25, 0.3) is 0 Å². The molecule has 1 aliphatic heterocycles. The van der Waals surface area contributed by atoms with Crippen LogP contribution in [0.2, 0.25) is 5.02 Å². The van der Waals surface area contributed by atoms with Gasteiger partial charge in [0.2, 0.25) is 0 Å². The number of ether oxygens (including phenoxy) is 1. The van der Waals surface area contributed by atoms with Gasteiger partial charge in [0, 0.05) is 35.4 Å². The van der Waals surface area contributed by atoms with Crippen LogP contribution in [0.3, 0.4) is 0 Å². The molecule has 0 radical (unpaired) electrons. The van der Waals surface area contributed by atoms with Crippen molar-refractivity contribution < 1.29 is 4.74 Å². The third kappa shape index (κ3) is 6.87. The van der Waals surface area contributed by atoms with Crippen LogP contribution in [0.4, 0.5) is 0 Å². The topological polar surface area (TPSA) is 33.3 Å². The van der Waals surface area contributed by atoms with E-state index in [1.807, 2.05) is 24.3 Å². The molecule has 0 spiro atoms. The minimum atomic E-state index is 0.417. The summed E-state index contributed by atoms with van der Waals surface area (Å²) in [5.74, 6) is 0.967. The lowest BCUT2D eigenvalue weighted by atomic mass is 10.2. The van der Waals surface area contributed by atoms with E-state index >= 15 is 0 Å². The number of thiocarbonyl (C=S) groups is 1. The van der Waals surface area contributed by atoms with E-state index in [0.717, 1.165) is 42.0 Å². The van der Waals surface area contributed by atoms with Gasteiger partial charge in [-0.05, 0) is 55.7 Å². The van der Waals surface area contributed by atoms with Crippen LogP contribution in [0, 0.1) is 0 Å². The Morgan fingerprint density at radius 1 is 1.29 bits per heavy atom. The Labute approximate surface area is 141 Å². The normalized spacial score (nSPS) is 17.7. The first-order chi connectivity index (χ1) is 10.2. The van der Waals surface area contributed by atoms with Crippen molar-refractivity contribution in [1.29, 1.82) is 0 Å². The predicted molar refractivity (Wildman–Crippen MR) is 94.4 cm³/mol. The molecule has 21 heavy (non-hydrogen) atoms. The molecular formula is C15H21ClN2OS2. The van der Waals surface area contributed by atoms with Crippen molar-refractivity contribution in [2.24, 2.45) is 0 Å². The maximum Gasteiger partial charge on any atom is 0.166 e. The van der Waals surface area contributed by atoms with Gasteiger partial charge < -0.3 is 15.4 Å². The Hall–Kier alpha value is -0.490. The van der Waals surface area contributed by atoms with Crippen LogP contribution < -0.4 is 10.6 Å². The molecular weight excluding hydrogens is 324 g/mol. The second-order valence-corrected chi connectivity index (χ2v) is 6.92. The summed E-state index contributed by atoms with van der Waals surface area (Å²) in [6, 6.07) is 7.89. The maximum atomic E-state index is 5.85. The third-order valence-corrected chi connectivity index (χ3v) is 4.80. The number of nitrogens with one attached hydrogen (secondary N) is 2. The van der Waals surface area contributed by atoms with Crippen molar-refractivity contribution in [3.05, 3.63) is 29.3 Å². The Kier molecular flexibility index (Phi) is 7.64. The zero-order valence-corrected chi connectivity index (χ0v) is 14.3. The lowest BCUT2D eigenvalue weighted by molar-refractivity contribution is 0.105. The first kappa shape index (κ1) is 16.9. The third-order valence-electron chi connectivity index (χ3n) is 3.25. The quantitative estimate of drug-likeness (QED) is 0.449. The standard InChI is InChI=1S/C15H21ClN2OS2/c16-12-3-5-14(6-4-12)21-11-9-18-15(20)17-8-7-13-2-1-10-19-13/h3-6,13H,1-2,7-11H2,(H2,17,18,20). The number of thioether (sulfide) groups is 1. The van der Waals surface area contributed by atoms with Gasteiger partial charge >= 0.3 is 0 Å². The number of benzene rings is 1. The van der Waals surface area contributed by atoms with E-state index in [-0.39, 0.29) is 0 Å². The average molecular weight is 345 g/mol. The highest BCUT2D eigenvalue weighted by Crippen LogP contribution is 2.19. The lowest BCUT2D eigenvalue weighted by Gasteiger charge is -2.12. The van der Waals surface area contributed by atoms with Crippen molar-refractivity contribution in [1.82, 2.24) is 10.6 Å². The van der Waals surface area contributed by atoms with E-state index < -0.39 is 0 Å². The molecule has 2 N–H and O–H groups in total. The first-order valence-electron chi connectivity index (χ1n) is 7.26. The van der Waals surface area contributed by atoms with Crippen LogP contribution in [0.1, 0.15) is 19.3 Å². The fourth-order valence-electron chi connectivity index (χ4n) is 2.15. The van der Waals surface area contributed by atoms with Crippen molar-refractivity contribution in [2.75, 3.05) is 25.4 Å². The fraction of sp³-hybridized carbons (Fsp3) is 0.533. The molecule has 0 bridgehead atoms. The highest BCUT2D eigenvalue weighted by atomic mass is 35.5. The van der Waals surface area contributed by atoms with E-state index in [4.69, 9.17) is 28.6 Å². The number of rotatable bonds is 7. The SMILES string of the molecule is S=C(NCCSc1ccc(Cl)cc1)NCCC1CCCO1. The molecule has 3 nitrogen and oxygen atoms in total. The molecule has 0 aromatic heterocycles. The van der Waals surface area contributed by atoms with Crippen LogP contribution in [0.15, 0.2) is 29.2 Å². The number of halogens is 1. The summed E-state index contributed by atoms with van der Waals surface area (Å²) in [5, 5.41) is 7.95. The molecule has 1 aromatic carbocycles. The summed E-state index contributed by atoms with van der Waals surface area (Å²) < 4.78 is 5.57. The molecule has 6 heteroatoms. The number of hydrogen-bond donors (Lipinski definition) is 2. The molecule has 116 valence electrons. The van der Waals surface area contributed by atoms with Crippen molar-refractivity contribution >= 4 is 40.7 Å². The molecule has 1 aliphatic rings. The molecule has 2 rings (SSSR count). The fourth-order valence-corrected chi connectivity index (χ4v) is 3.24. The molecule has 0 aliphatic carbocycles. The summed E-state index contributed by atoms with van der Waals surface area (Å²) in [6.45, 7) is 2.63. The summed E-state index contributed by atoms with van der Waals surface area (Å²) in [6.07, 6.45) is 3.82. The largest absolute Gasteiger partial charge is 0.378 e. The Balaban J connectivity index is 1.49. The summed E-state index contributed by atoms with van der Waals surface area (Å²) in [5.41, 5.74) is 0. The smallest absolute Gasteiger partial charge is 0.166 e. The second-order valence-electron chi connectivity index (χ2n) is 4.91. The highest BCUT2D eigenvalue weighted by Gasteiger charge is 2.14. The molecule has 1 heterocycles. The van der Waals surface area contributed by atoms with E-state index in [0.29, 0.717) is 6.10 Å². The molecule has 1 aromatic rings. The van der Waals surface area contributed by atoms with Crippen LogP contribution in [-0.2, 0) is 4.74 Å². The number of hydrogen-bond acceptors (Lipinski definition) is 3. The van der Waals surface area contributed by atoms with Gasteiger partial charge in [-0.2, -0.15) is 0 Å². The minimum absolute atomic E-state index is 0.417. The summed E-state index contributed by atoms with van der Waals surface area (Å²) >= 11 is 12.9. The molecule has 1 atom stereocenters. The second kappa shape index (κ2) is 9.51. The average Bonchev–Trinajstić information content (AvgIpc) is 2.99. The Bertz CT molecular complexity index is 436. The van der Waals surface area contributed by atoms with Crippen LogP contribution in [-0.4, -0.2) is 36.7 Å².